The van der Waals surface area contributed by atoms with Gasteiger partial charge in [-0.1, -0.05) is 29.3 Å². The van der Waals surface area contributed by atoms with Gasteiger partial charge in [0.25, 0.3) is 0 Å². The number of hydrogen-bond acceptors (Lipinski definition) is 3. The third-order valence-electron chi connectivity index (χ3n) is 7.34. The molecule has 2 amide bonds. The number of nitrogens with one attached hydrogen (secondary N) is 2. The summed E-state index contributed by atoms with van der Waals surface area (Å²) in [6, 6.07) is 7.91. The normalized spacial score (nSPS) is 17.5. The van der Waals surface area contributed by atoms with Gasteiger partial charge in [0.05, 0.1) is 21.5 Å². The van der Waals surface area contributed by atoms with Crippen molar-refractivity contribution >= 4 is 75.4 Å². The van der Waals surface area contributed by atoms with Crippen LogP contribution in [-0.2, 0) is 22.2 Å². The van der Waals surface area contributed by atoms with Crippen molar-refractivity contribution in [2.75, 3.05) is 10.6 Å². The van der Waals surface area contributed by atoms with Gasteiger partial charge in [-0.25, -0.2) is 4.39 Å². The van der Waals surface area contributed by atoms with E-state index in [0.717, 1.165) is 6.07 Å². The molecule has 0 heterocycles. The SMILES string of the molecule is Cc1c(CC(=O)c2cc(NC(=O)[C@H]3[C@H](c4cc(Cl)c(F)c(C(F)(F)F)c4)C3(Cl)Cl)ccc2Cl)ccc(NC(=O)C(F)(F)F)c1C. The zero-order chi connectivity index (χ0) is 33.8. The Labute approximate surface area is 271 Å². The van der Waals surface area contributed by atoms with Crippen molar-refractivity contribution in [3.05, 3.63) is 91.7 Å². The molecule has 3 aromatic rings. The number of ketones is 1. The summed E-state index contributed by atoms with van der Waals surface area (Å²) in [5, 5.41) is 3.46. The van der Waals surface area contributed by atoms with E-state index < -0.39 is 62.5 Å². The van der Waals surface area contributed by atoms with Crippen LogP contribution in [-0.4, -0.2) is 28.1 Å². The fourth-order valence-electron chi connectivity index (χ4n) is 4.77. The second-order valence-electron chi connectivity index (χ2n) is 10.2. The Kier molecular flexibility index (Phi) is 9.49. The van der Waals surface area contributed by atoms with Crippen molar-refractivity contribution in [1.82, 2.24) is 0 Å². The molecule has 45 heavy (non-hydrogen) atoms. The fraction of sp³-hybridized carbons (Fsp3) is 0.276. The Morgan fingerprint density at radius 2 is 1.51 bits per heavy atom. The second-order valence-corrected chi connectivity index (χ2v) is 12.5. The molecule has 240 valence electrons. The van der Waals surface area contributed by atoms with Crippen molar-refractivity contribution in [3.8, 4) is 0 Å². The molecule has 1 aliphatic carbocycles. The molecular weight excluding hydrogens is 699 g/mol. The Balaban J connectivity index is 1.52. The smallest absolute Gasteiger partial charge is 0.326 e. The van der Waals surface area contributed by atoms with Crippen molar-refractivity contribution in [1.29, 1.82) is 0 Å². The van der Waals surface area contributed by atoms with E-state index in [9.17, 15) is 45.1 Å². The summed E-state index contributed by atoms with van der Waals surface area (Å²) >= 11 is 24.4. The molecule has 0 saturated heterocycles. The second kappa shape index (κ2) is 12.3. The average molecular weight is 718 g/mol. The van der Waals surface area contributed by atoms with E-state index in [1.54, 1.807) is 12.2 Å². The molecule has 0 aromatic heterocycles. The molecule has 5 nitrogen and oxygen atoms in total. The highest BCUT2D eigenvalue weighted by Gasteiger charge is 2.68. The lowest BCUT2D eigenvalue weighted by molar-refractivity contribution is -0.167. The highest BCUT2D eigenvalue weighted by atomic mass is 35.5. The van der Waals surface area contributed by atoms with Gasteiger partial charge in [0.1, 0.15) is 4.33 Å². The lowest BCUT2D eigenvalue weighted by Gasteiger charge is -2.15. The molecule has 1 saturated carbocycles. The molecule has 2 N–H and O–H groups in total. The van der Waals surface area contributed by atoms with Crippen LogP contribution in [0, 0.1) is 25.6 Å². The summed E-state index contributed by atoms with van der Waals surface area (Å²) in [6.45, 7) is 3.03. The Morgan fingerprint density at radius 1 is 0.867 bits per heavy atom. The maximum Gasteiger partial charge on any atom is 0.471 e. The van der Waals surface area contributed by atoms with Crippen LogP contribution in [0.25, 0.3) is 0 Å². The van der Waals surface area contributed by atoms with Gasteiger partial charge in [-0.3, -0.25) is 14.4 Å². The largest absolute Gasteiger partial charge is 0.471 e. The minimum atomic E-state index is -5.09. The number of hydrogen-bond donors (Lipinski definition) is 2. The van der Waals surface area contributed by atoms with Crippen LogP contribution in [0.1, 0.15) is 44.1 Å². The topological polar surface area (TPSA) is 75.3 Å². The summed E-state index contributed by atoms with van der Waals surface area (Å²) in [4.78, 5) is 37.6. The summed E-state index contributed by atoms with van der Waals surface area (Å²) in [5.41, 5.74) is -0.727. The summed E-state index contributed by atoms with van der Waals surface area (Å²) < 4.78 is 90.1. The van der Waals surface area contributed by atoms with Crippen LogP contribution in [0.4, 0.5) is 42.1 Å². The number of carbonyl (C=O) groups is 3. The zero-order valence-corrected chi connectivity index (χ0v) is 25.8. The minimum absolute atomic E-state index is 0.00963. The molecule has 0 spiro atoms. The number of Topliss-reactive ketones (excluding diaryl/α,β-unsaturated/α-hetero) is 1. The molecule has 0 aliphatic heterocycles. The number of benzene rings is 3. The van der Waals surface area contributed by atoms with Gasteiger partial charge in [0.2, 0.25) is 5.91 Å². The maximum absolute atomic E-state index is 14.0. The number of rotatable bonds is 7. The first-order valence-corrected chi connectivity index (χ1v) is 14.2. The quantitative estimate of drug-likeness (QED) is 0.145. The minimum Gasteiger partial charge on any atom is -0.326 e. The maximum atomic E-state index is 14.0. The fourth-order valence-corrected chi connectivity index (χ4v) is 6.04. The van der Waals surface area contributed by atoms with Crippen LogP contribution < -0.4 is 10.6 Å². The first-order chi connectivity index (χ1) is 20.6. The van der Waals surface area contributed by atoms with E-state index in [1.165, 1.54) is 37.3 Å². The third kappa shape index (κ3) is 7.19. The number of alkyl halides is 8. The van der Waals surface area contributed by atoms with E-state index in [1.807, 2.05) is 0 Å². The molecule has 2 atom stereocenters. The standard InChI is InChI=1S/C29H19Cl4F7N2O3/c1-11-12(2)20(42-26(45)29(38,39)40)6-3-13(11)9-21(43)16-10-15(4-5-18(16)30)41-25(44)23-22(27(23,32)33)14-7-17(28(35,36)37)24(34)19(31)8-14/h3-8,10,22-23H,9H2,1-2H3,(H,41,44)(H,42,45)/t22-,23+/m0/s1. The molecule has 0 bridgehead atoms. The van der Waals surface area contributed by atoms with E-state index in [-0.39, 0.29) is 33.9 Å². The van der Waals surface area contributed by atoms with Gasteiger partial charge in [0.15, 0.2) is 11.6 Å². The molecule has 4 rings (SSSR count). The highest BCUT2D eigenvalue weighted by molar-refractivity contribution is 6.53. The monoisotopic (exact) mass is 716 g/mol. The van der Waals surface area contributed by atoms with Crippen molar-refractivity contribution in [2.45, 2.75) is 42.9 Å². The Bertz CT molecular complexity index is 1730. The van der Waals surface area contributed by atoms with Crippen LogP contribution in [0.3, 0.4) is 0 Å². The van der Waals surface area contributed by atoms with Crippen molar-refractivity contribution in [2.24, 2.45) is 5.92 Å². The molecule has 3 aromatic carbocycles. The van der Waals surface area contributed by atoms with Crippen LogP contribution in [0.15, 0.2) is 42.5 Å². The van der Waals surface area contributed by atoms with E-state index in [4.69, 9.17) is 46.4 Å². The van der Waals surface area contributed by atoms with Gasteiger partial charge in [-0.15, -0.1) is 23.2 Å². The highest BCUT2D eigenvalue weighted by Crippen LogP contribution is 2.65. The predicted octanol–water partition coefficient (Wildman–Crippen LogP) is 9.22. The zero-order valence-electron chi connectivity index (χ0n) is 22.8. The molecule has 0 radical (unpaired) electrons. The third-order valence-corrected chi connectivity index (χ3v) is 8.89. The number of anilines is 2. The first kappa shape index (κ1) is 34.8. The Morgan fingerprint density at radius 3 is 2.11 bits per heavy atom. The number of amides is 2. The van der Waals surface area contributed by atoms with Crippen LogP contribution in [0.5, 0.6) is 0 Å². The van der Waals surface area contributed by atoms with Gasteiger partial charge in [0, 0.05) is 29.3 Å². The molecule has 1 fully saturated rings. The molecule has 1 aliphatic rings. The van der Waals surface area contributed by atoms with Crippen molar-refractivity contribution < 1.29 is 45.1 Å². The summed E-state index contributed by atoms with van der Waals surface area (Å²) in [6.07, 6.45) is -10.4. The Hall–Kier alpha value is -3.06. The van der Waals surface area contributed by atoms with Crippen LogP contribution in [0.2, 0.25) is 10.0 Å². The van der Waals surface area contributed by atoms with Gasteiger partial charge in [-0.2, -0.15) is 26.3 Å². The van der Waals surface area contributed by atoms with Crippen molar-refractivity contribution in [3.63, 3.8) is 0 Å². The molecule has 16 heteroatoms. The molecule has 0 unspecified atom stereocenters. The van der Waals surface area contributed by atoms with E-state index >= 15 is 0 Å². The van der Waals surface area contributed by atoms with Gasteiger partial charge >= 0.3 is 18.3 Å². The molecular formula is C29H19Cl4F7N2O3. The van der Waals surface area contributed by atoms with Gasteiger partial charge < -0.3 is 10.6 Å². The average Bonchev–Trinajstić information content (AvgIpc) is 3.51. The predicted molar refractivity (Wildman–Crippen MR) is 156 cm³/mol. The lowest BCUT2D eigenvalue weighted by atomic mass is 9.95. The summed E-state index contributed by atoms with van der Waals surface area (Å²) in [5.74, 6) is -7.63. The first-order valence-electron chi connectivity index (χ1n) is 12.7. The summed E-state index contributed by atoms with van der Waals surface area (Å²) in [7, 11) is 0. The lowest BCUT2D eigenvalue weighted by Crippen LogP contribution is -2.30. The number of halogens is 11. The van der Waals surface area contributed by atoms with Crippen LogP contribution >= 0.6 is 46.4 Å². The van der Waals surface area contributed by atoms with E-state index in [0.29, 0.717) is 22.8 Å². The van der Waals surface area contributed by atoms with E-state index in [2.05, 4.69) is 5.32 Å². The number of carbonyl (C=O) groups excluding carboxylic acids is 3. The van der Waals surface area contributed by atoms with Gasteiger partial charge in [-0.05, 0) is 72.5 Å².